The second-order valence-electron chi connectivity index (χ2n) is 6.65. The van der Waals surface area contributed by atoms with Gasteiger partial charge >= 0.3 is 6.18 Å². The molecule has 2 aromatic carbocycles. The molecule has 7 heteroatoms. The van der Waals surface area contributed by atoms with Crippen molar-refractivity contribution in [2.45, 2.75) is 31.0 Å². The first-order valence-corrected chi connectivity index (χ1v) is 9.02. The minimum absolute atomic E-state index is 0.00745. The first-order valence-electron chi connectivity index (χ1n) is 8.64. The molecule has 2 N–H and O–H groups in total. The summed E-state index contributed by atoms with van der Waals surface area (Å²) in [4.78, 5) is 12.3. The van der Waals surface area contributed by atoms with Gasteiger partial charge < -0.3 is 10.4 Å². The molecule has 3 rings (SSSR count). The van der Waals surface area contributed by atoms with Crippen LogP contribution in [0.1, 0.15) is 24.0 Å². The summed E-state index contributed by atoms with van der Waals surface area (Å²) >= 11 is 5.87. The Hall–Kier alpha value is -2.49. The van der Waals surface area contributed by atoms with Crippen LogP contribution in [0.25, 0.3) is 0 Å². The molecule has 0 saturated heterocycles. The van der Waals surface area contributed by atoms with E-state index in [9.17, 15) is 23.1 Å². The molecule has 0 radical (unpaired) electrons. The molecule has 0 heterocycles. The normalized spacial score (nSPS) is 15.9. The van der Waals surface area contributed by atoms with Crippen molar-refractivity contribution >= 4 is 23.2 Å². The zero-order chi connectivity index (χ0) is 20.4. The van der Waals surface area contributed by atoms with E-state index in [1.54, 1.807) is 30.3 Å². The fraction of sp³-hybridized carbons (Fsp3) is 0.286. The Morgan fingerprint density at radius 3 is 2.46 bits per heavy atom. The number of anilines is 1. The Labute approximate surface area is 165 Å². The summed E-state index contributed by atoms with van der Waals surface area (Å²) in [5.41, 5.74) is -3.51. The van der Waals surface area contributed by atoms with E-state index in [0.717, 1.165) is 6.07 Å². The van der Waals surface area contributed by atoms with E-state index < -0.39 is 23.2 Å². The Morgan fingerprint density at radius 2 is 1.86 bits per heavy atom. The lowest BCUT2D eigenvalue weighted by Crippen LogP contribution is -2.42. The maximum atomic E-state index is 13.7. The van der Waals surface area contributed by atoms with E-state index in [4.69, 9.17) is 11.6 Å². The molecule has 0 bridgehead atoms. The largest absolute Gasteiger partial charge is 0.433 e. The summed E-state index contributed by atoms with van der Waals surface area (Å²) < 4.78 is 41.2. The van der Waals surface area contributed by atoms with Gasteiger partial charge in [-0.15, -0.1) is 0 Å². The van der Waals surface area contributed by atoms with E-state index in [1.165, 1.54) is 12.1 Å². The molecule has 0 spiro atoms. The highest BCUT2D eigenvalue weighted by molar-refractivity contribution is 6.30. The number of halogens is 4. The maximum absolute atomic E-state index is 13.7. The number of carbonyl (C=O) groups excluding carboxylic acids is 1. The third kappa shape index (κ3) is 4.67. The highest BCUT2D eigenvalue weighted by atomic mass is 35.5. The topological polar surface area (TPSA) is 49.3 Å². The van der Waals surface area contributed by atoms with Gasteiger partial charge in [0.25, 0.3) is 0 Å². The summed E-state index contributed by atoms with van der Waals surface area (Å²) in [6.45, 7) is 0. The summed E-state index contributed by atoms with van der Waals surface area (Å²) in [7, 11) is 0. The van der Waals surface area contributed by atoms with Crippen LogP contribution in [0.3, 0.4) is 0 Å². The average molecular weight is 408 g/mol. The summed E-state index contributed by atoms with van der Waals surface area (Å²) in [5.74, 6) is 3.77. The number of rotatable bonds is 4. The van der Waals surface area contributed by atoms with Gasteiger partial charge in [-0.1, -0.05) is 53.8 Å². The highest BCUT2D eigenvalue weighted by Gasteiger charge is 2.55. The number of carbonyl (C=O) groups is 1. The van der Waals surface area contributed by atoms with Crippen LogP contribution in [0.4, 0.5) is 18.9 Å². The lowest BCUT2D eigenvalue weighted by molar-refractivity contribution is -0.240. The number of hydrogen-bond donors (Lipinski definition) is 2. The van der Waals surface area contributed by atoms with E-state index in [-0.39, 0.29) is 23.0 Å². The van der Waals surface area contributed by atoms with Crippen LogP contribution in [0, 0.1) is 17.8 Å². The van der Waals surface area contributed by atoms with E-state index in [1.807, 2.05) is 5.92 Å². The van der Waals surface area contributed by atoms with Crippen molar-refractivity contribution in [3.8, 4) is 11.8 Å². The summed E-state index contributed by atoms with van der Waals surface area (Å²) in [6, 6.07) is 12.3. The highest BCUT2D eigenvalue weighted by Crippen LogP contribution is 2.43. The molecule has 146 valence electrons. The molecule has 3 nitrogen and oxygen atoms in total. The molecule has 1 aliphatic rings. The van der Waals surface area contributed by atoms with E-state index in [0.29, 0.717) is 18.4 Å². The van der Waals surface area contributed by atoms with Gasteiger partial charge in [0.2, 0.25) is 11.5 Å². The van der Waals surface area contributed by atoms with Gasteiger partial charge in [-0.3, -0.25) is 4.79 Å². The third-order valence-electron chi connectivity index (χ3n) is 4.30. The third-order valence-corrected chi connectivity index (χ3v) is 4.53. The molecular formula is C21H17ClF3NO2. The zero-order valence-corrected chi connectivity index (χ0v) is 15.4. The van der Waals surface area contributed by atoms with Crippen LogP contribution in [0.15, 0.2) is 48.5 Å². The van der Waals surface area contributed by atoms with E-state index >= 15 is 0 Å². The molecule has 1 aliphatic carbocycles. The number of alkyl halides is 3. The lowest BCUT2D eigenvalue weighted by Gasteiger charge is -2.28. The summed E-state index contributed by atoms with van der Waals surface area (Å²) in [6.07, 6.45) is -3.69. The zero-order valence-electron chi connectivity index (χ0n) is 14.7. The average Bonchev–Trinajstić information content (AvgIpc) is 3.45. The van der Waals surface area contributed by atoms with Crippen LogP contribution in [-0.4, -0.2) is 17.2 Å². The van der Waals surface area contributed by atoms with E-state index in [2.05, 4.69) is 11.2 Å². The molecule has 1 saturated carbocycles. The Morgan fingerprint density at radius 1 is 1.18 bits per heavy atom. The van der Waals surface area contributed by atoms with Crippen molar-refractivity contribution in [3.63, 3.8) is 0 Å². The number of amides is 1. The van der Waals surface area contributed by atoms with Crippen LogP contribution in [-0.2, 0) is 16.8 Å². The van der Waals surface area contributed by atoms with Crippen molar-refractivity contribution in [1.29, 1.82) is 0 Å². The molecule has 28 heavy (non-hydrogen) atoms. The van der Waals surface area contributed by atoms with Crippen molar-refractivity contribution in [2.24, 2.45) is 5.92 Å². The van der Waals surface area contributed by atoms with Crippen LogP contribution < -0.4 is 5.32 Å². The van der Waals surface area contributed by atoms with Gasteiger partial charge in [-0.2, -0.15) is 13.2 Å². The van der Waals surface area contributed by atoms with Crippen LogP contribution in [0.5, 0.6) is 0 Å². The van der Waals surface area contributed by atoms with Crippen LogP contribution in [0.2, 0.25) is 5.02 Å². The monoisotopic (exact) mass is 407 g/mol. The fourth-order valence-electron chi connectivity index (χ4n) is 2.63. The summed E-state index contributed by atoms with van der Waals surface area (Å²) in [5, 5.41) is 12.9. The molecule has 0 aromatic heterocycles. The van der Waals surface area contributed by atoms with Gasteiger partial charge in [-0.25, -0.2) is 0 Å². The SMILES string of the molecule is O=C(Cc1ccccc1)Nc1ccc(Cl)cc1C(O)(C#CC1CC1)C(F)(F)F. The molecule has 0 aliphatic heterocycles. The second kappa shape index (κ2) is 7.86. The molecular weight excluding hydrogens is 391 g/mol. The first-order chi connectivity index (χ1) is 13.2. The second-order valence-corrected chi connectivity index (χ2v) is 7.09. The minimum Gasteiger partial charge on any atom is -0.366 e. The van der Waals surface area contributed by atoms with Gasteiger partial charge in [-0.05, 0) is 36.6 Å². The van der Waals surface area contributed by atoms with Gasteiger partial charge in [0, 0.05) is 22.2 Å². The van der Waals surface area contributed by atoms with Gasteiger partial charge in [0.1, 0.15) is 0 Å². The Bertz CT molecular complexity index is 930. The molecule has 1 fully saturated rings. The Balaban J connectivity index is 1.95. The van der Waals surface area contributed by atoms with Crippen molar-refractivity contribution < 1.29 is 23.1 Å². The molecule has 1 atom stereocenters. The van der Waals surface area contributed by atoms with Crippen LogP contribution >= 0.6 is 11.6 Å². The van der Waals surface area contributed by atoms with Crippen molar-refractivity contribution in [2.75, 3.05) is 5.32 Å². The van der Waals surface area contributed by atoms with Gasteiger partial charge in [0.05, 0.1) is 6.42 Å². The smallest absolute Gasteiger partial charge is 0.366 e. The molecule has 1 unspecified atom stereocenters. The number of aliphatic hydroxyl groups is 1. The molecule has 1 amide bonds. The van der Waals surface area contributed by atoms with Crippen molar-refractivity contribution in [3.05, 3.63) is 64.7 Å². The first kappa shape index (κ1) is 20.2. The quantitative estimate of drug-likeness (QED) is 0.723. The number of hydrogen-bond acceptors (Lipinski definition) is 2. The number of benzene rings is 2. The minimum atomic E-state index is -5.07. The lowest BCUT2D eigenvalue weighted by atomic mass is 9.91. The van der Waals surface area contributed by atoms with Crippen molar-refractivity contribution in [1.82, 2.24) is 0 Å². The fourth-order valence-corrected chi connectivity index (χ4v) is 2.80. The van der Waals surface area contributed by atoms with Gasteiger partial charge in [0.15, 0.2) is 0 Å². The molecule has 2 aromatic rings. The predicted molar refractivity (Wildman–Crippen MR) is 101 cm³/mol. The standard InChI is InChI=1S/C21H17ClF3NO2/c22-16-8-9-18(26-19(27)12-15-4-2-1-3-5-15)17(13-16)20(28,21(23,24)25)11-10-14-6-7-14/h1-5,8-9,13-14,28H,6-7,12H2,(H,26,27). The predicted octanol–water partition coefficient (Wildman–Crippen LogP) is 4.68. The number of nitrogens with one attached hydrogen (secondary N) is 1. The maximum Gasteiger partial charge on any atom is 0.433 e. The Kier molecular flexibility index (Phi) is 5.69.